The lowest BCUT2D eigenvalue weighted by atomic mass is 9.91. The third-order valence-corrected chi connectivity index (χ3v) is 8.06. The third-order valence-electron chi connectivity index (χ3n) is 8.06. The lowest BCUT2D eigenvalue weighted by Gasteiger charge is -2.37. The van der Waals surface area contributed by atoms with Crippen LogP contribution in [0.15, 0.2) is 0 Å². The van der Waals surface area contributed by atoms with Crippen molar-refractivity contribution in [2.24, 2.45) is 5.41 Å². The number of rotatable bonds is 24. The van der Waals surface area contributed by atoms with Gasteiger partial charge in [0, 0.05) is 0 Å². The minimum atomic E-state index is -0.359. The van der Waals surface area contributed by atoms with Gasteiger partial charge in [-0.05, 0) is 47.0 Å². The van der Waals surface area contributed by atoms with E-state index in [2.05, 4.69) is 27.7 Å². The highest BCUT2D eigenvalue weighted by atomic mass is 16.5. The van der Waals surface area contributed by atoms with Crippen molar-refractivity contribution >= 4 is 5.97 Å². The van der Waals surface area contributed by atoms with E-state index < -0.39 is 0 Å². The van der Waals surface area contributed by atoms with E-state index in [1.807, 2.05) is 13.8 Å². The fourth-order valence-corrected chi connectivity index (χ4v) is 4.63. The average Bonchev–Trinajstić information content (AvgIpc) is 2.82. The lowest BCUT2D eigenvalue weighted by Crippen LogP contribution is -2.50. The molecule has 0 unspecified atom stereocenters. The highest BCUT2D eigenvalue weighted by Crippen LogP contribution is 2.22. The normalized spacial score (nSPS) is 12.3. The van der Waals surface area contributed by atoms with Crippen LogP contribution in [0.3, 0.4) is 0 Å². The van der Waals surface area contributed by atoms with Crippen LogP contribution in [-0.4, -0.2) is 43.2 Å². The molecule has 0 aromatic heterocycles. The Bertz CT molecular complexity index is 443. The fraction of sp³-hybridized carbons (Fsp3) is 0.967. The molecule has 0 aromatic carbocycles. The summed E-state index contributed by atoms with van der Waals surface area (Å²) in [6, 6.07) is 0. The third kappa shape index (κ3) is 16.7. The number of ether oxygens (including phenoxy) is 1. The van der Waals surface area contributed by atoms with Crippen LogP contribution < -0.4 is 0 Å². The molecule has 0 radical (unpaired) electrons. The molecule has 0 heterocycles. The van der Waals surface area contributed by atoms with Gasteiger partial charge in [0.25, 0.3) is 0 Å². The molecule has 0 aliphatic carbocycles. The van der Waals surface area contributed by atoms with E-state index in [-0.39, 0.29) is 11.4 Å². The van der Waals surface area contributed by atoms with Crippen molar-refractivity contribution in [1.29, 1.82) is 0 Å². The van der Waals surface area contributed by atoms with Gasteiger partial charge in [0.2, 0.25) is 0 Å². The van der Waals surface area contributed by atoms with Gasteiger partial charge in [0.1, 0.15) is 13.2 Å². The molecule has 0 bridgehead atoms. The van der Waals surface area contributed by atoms with Crippen molar-refractivity contribution in [3.63, 3.8) is 0 Å². The summed E-state index contributed by atoms with van der Waals surface area (Å²) in [6.07, 6.45) is 23.5. The van der Waals surface area contributed by atoms with Gasteiger partial charge in [-0.1, -0.05) is 104 Å². The van der Waals surface area contributed by atoms with Crippen molar-refractivity contribution < 1.29 is 14.0 Å². The Morgan fingerprint density at radius 2 is 1.00 bits per heavy atom. The molecule has 0 saturated heterocycles. The zero-order valence-electron chi connectivity index (χ0n) is 23.8. The van der Waals surface area contributed by atoms with Crippen LogP contribution in [0.4, 0.5) is 0 Å². The monoisotopic (exact) mass is 468 g/mol. The first kappa shape index (κ1) is 32.4. The minimum Gasteiger partial charge on any atom is -0.459 e. The maximum atomic E-state index is 12.2. The second-order valence-corrected chi connectivity index (χ2v) is 11.1. The maximum Gasteiger partial charge on any atom is 0.311 e. The van der Waals surface area contributed by atoms with Crippen molar-refractivity contribution in [2.45, 2.75) is 151 Å². The Morgan fingerprint density at radius 3 is 1.36 bits per heavy atom. The number of hydrogen-bond acceptors (Lipinski definition) is 2. The van der Waals surface area contributed by atoms with E-state index in [0.717, 1.165) is 30.5 Å². The lowest BCUT2D eigenvalue weighted by molar-refractivity contribution is -0.925. The first-order valence-electron chi connectivity index (χ1n) is 14.9. The van der Waals surface area contributed by atoms with Gasteiger partial charge in [0.15, 0.2) is 0 Å². The van der Waals surface area contributed by atoms with Gasteiger partial charge in [-0.25, -0.2) is 0 Å². The van der Waals surface area contributed by atoms with Gasteiger partial charge in [-0.15, -0.1) is 0 Å². The van der Waals surface area contributed by atoms with Gasteiger partial charge >= 0.3 is 5.97 Å². The number of carbonyl (C=O) groups excluding carboxylic acids is 1. The number of unbranched alkanes of at least 4 members (excludes halogenated alkanes) is 15. The molecule has 0 atom stereocenters. The zero-order valence-corrected chi connectivity index (χ0v) is 23.8. The van der Waals surface area contributed by atoms with Gasteiger partial charge in [-0.3, -0.25) is 4.79 Å². The van der Waals surface area contributed by atoms with Gasteiger partial charge in [-0.2, -0.15) is 0 Å². The SMILES string of the molecule is CCCCCCCCCCCCCCCCCC[N+](CC)(CC)CCOC(=O)C(C)(C)CC. The highest BCUT2D eigenvalue weighted by Gasteiger charge is 2.29. The minimum absolute atomic E-state index is 0.0438. The fourth-order valence-electron chi connectivity index (χ4n) is 4.63. The molecular weight excluding hydrogens is 406 g/mol. The number of hydrogen-bond donors (Lipinski definition) is 0. The van der Waals surface area contributed by atoms with Crippen molar-refractivity contribution in [1.82, 2.24) is 0 Å². The summed E-state index contributed by atoms with van der Waals surface area (Å²) in [5.41, 5.74) is -0.359. The van der Waals surface area contributed by atoms with E-state index >= 15 is 0 Å². The summed E-state index contributed by atoms with van der Waals surface area (Å²) in [5, 5.41) is 0. The molecule has 0 aromatic rings. The Labute approximate surface area is 209 Å². The molecule has 0 fully saturated rings. The van der Waals surface area contributed by atoms with E-state index in [4.69, 9.17) is 4.74 Å². The summed E-state index contributed by atoms with van der Waals surface area (Å²) >= 11 is 0. The number of likely N-dealkylation sites (N-methyl/N-ethyl adjacent to an activating group) is 1. The van der Waals surface area contributed by atoms with E-state index in [1.54, 1.807) is 0 Å². The Morgan fingerprint density at radius 1 is 0.606 bits per heavy atom. The molecule has 3 heteroatoms. The number of esters is 1. The van der Waals surface area contributed by atoms with Gasteiger partial charge in [0.05, 0.1) is 25.0 Å². The van der Waals surface area contributed by atoms with E-state index in [0.29, 0.717) is 6.61 Å². The van der Waals surface area contributed by atoms with Crippen LogP contribution in [0.25, 0.3) is 0 Å². The molecule has 0 aliphatic heterocycles. The second-order valence-electron chi connectivity index (χ2n) is 11.1. The van der Waals surface area contributed by atoms with Gasteiger partial charge < -0.3 is 9.22 Å². The quantitative estimate of drug-likeness (QED) is 0.0802. The predicted octanol–water partition coefficient (Wildman–Crippen LogP) is 9.08. The smallest absolute Gasteiger partial charge is 0.311 e. The average molecular weight is 469 g/mol. The zero-order chi connectivity index (χ0) is 24.8. The molecule has 0 N–H and O–H groups in total. The molecule has 0 spiro atoms. The number of nitrogens with zero attached hydrogens (tertiary/aromatic N) is 1. The molecule has 33 heavy (non-hydrogen) atoms. The summed E-state index contributed by atoms with van der Waals surface area (Å²) in [6.45, 7) is 17.9. The van der Waals surface area contributed by atoms with Crippen LogP contribution in [-0.2, 0) is 9.53 Å². The second kappa shape index (κ2) is 20.8. The van der Waals surface area contributed by atoms with Crippen LogP contribution in [0, 0.1) is 5.41 Å². The molecule has 0 amide bonds. The topological polar surface area (TPSA) is 26.3 Å². The van der Waals surface area contributed by atoms with Crippen LogP contribution in [0.5, 0.6) is 0 Å². The Kier molecular flexibility index (Phi) is 20.4. The molecule has 0 rings (SSSR count). The summed E-state index contributed by atoms with van der Waals surface area (Å²) < 4.78 is 6.72. The van der Waals surface area contributed by atoms with Crippen molar-refractivity contribution in [2.75, 3.05) is 32.8 Å². The summed E-state index contributed by atoms with van der Waals surface area (Å²) in [7, 11) is 0. The summed E-state index contributed by atoms with van der Waals surface area (Å²) in [4.78, 5) is 12.2. The van der Waals surface area contributed by atoms with Crippen LogP contribution in [0.2, 0.25) is 0 Å². The highest BCUT2D eigenvalue weighted by molar-refractivity contribution is 5.75. The van der Waals surface area contributed by atoms with E-state index in [1.165, 1.54) is 109 Å². The van der Waals surface area contributed by atoms with Crippen LogP contribution >= 0.6 is 0 Å². The standard InChI is InChI=1S/C30H62NO2/c1-7-11-12-13-14-15-16-17-18-19-20-21-22-23-24-25-26-31(9-3,10-4)27-28-33-29(32)30(5,6)8-2/h7-28H2,1-6H3/q+1. The molecule has 198 valence electrons. The first-order valence-corrected chi connectivity index (χ1v) is 14.9. The Hall–Kier alpha value is -0.570. The largest absolute Gasteiger partial charge is 0.459 e. The predicted molar refractivity (Wildman–Crippen MR) is 146 cm³/mol. The molecule has 0 aliphatic rings. The first-order chi connectivity index (χ1) is 15.9. The Balaban J connectivity index is 3.71. The van der Waals surface area contributed by atoms with Crippen molar-refractivity contribution in [3.8, 4) is 0 Å². The molecule has 3 nitrogen and oxygen atoms in total. The maximum absolute atomic E-state index is 12.2. The molecule has 0 saturated carbocycles. The van der Waals surface area contributed by atoms with Crippen molar-refractivity contribution in [3.05, 3.63) is 0 Å². The number of quaternary nitrogens is 1. The van der Waals surface area contributed by atoms with Crippen LogP contribution in [0.1, 0.15) is 151 Å². The summed E-state index contributed by atoms with van der Waals surface area (Å²) in [5.74, 6) is -0.0438. The number of carbonyl (C=O) groups is 1. The molecular formula is C30H62NO2+. The van der Waals surface area contributed by atoms with E-state index in [9.17, 15) is 4.79 Å².